The van der Waals surface area contributed by atoms with E-state index < -0.39 is 0 Å². The number of ether oxygens (including phenoxy) is 2. The first kappa shape index (κ1) is 15.2. The first-order chi connectivity index (χ1) is 9.24. The predicted molar refractivity (Wildman–Crippen MR) is 69.3 cm³/mol. The van der Waals surface area contributed by atoms with Gasteiger partial charge >= 0.3 is 0 Å². The molecule has 0 unspecified atom stereocenters. The van der Waals surface area contributed by atoms with Gasteiger partial charge in [-0.1, -0.05) is 18.9 Å². The zero-order valence-corrected chi connectivity index (χ0v) is 12.1. The van der Waals surface area contributed by atoms with Crippen LogP contribution in [0.15, 0.2) is 0 Å². The monoisotopic (exact) mass is 274 g/mol. The van der Waals surface area contributed by atoms with Gasteiger partial charge in [-0.2, -0.15) is 0 Å². The molecule has 0 amide bonds. The maximum absolute atomic E-state index is 5.25. The fourth-order valence-electron chi connectivity index (χ4n) is 2.45. The summed E-state index contributed by atoms with van der Waals surface area (Å²) >= 11 is 0. The molecule has 19 heavy (non-hydrogen) atoms. The highest BCUT2D eigenvalue weighted by atomic mass is 17.5. The van der Waals surface area contributed by atoms with E-state index in [0.29, 0.717) is 24.0 Å². The van der Waals surface area contributed by atoms with Crippen LogP contribution < -0.4 is 0 Å². The molecule has 2 aliphatic rings. The molecule has 0 saturated carbocycles. The molecule has 2 aliphatic heterocycles. The minimum absolute atomic E-state index is 0.304. The van der Waals surface area contributed by atoms with Crippen LogP contribution in [0.1, 0.15) is 39.5 Å². The van der Waals surface area contributed by atoms with Gasteiger partial charge in [0.15, 0.2) is 0 Å². The van der Waals surface area contributed by atoms with Gasteiger partial charge < -0.3 is 9.47 Å². The predicted octanol–water partition coefficient (Wildman–Crippen LogP) is 2.50. The van der Waals surface area contributed by atoms with Gasteiger partial charge in [0.1, 0.15) is 0 Å². The second-order valence-electron chi connectivity index (χ2n) is 5.90. The Bertz CT molecular complexity index is 224. The third-order valence-corrected chi connectivity index (χ3v) is 4.66. The van der Waals surface area contributed by atoms with E-state index in [1.807, 2.05) is 0 Å². The Balaban J connectivity index is 1.44. The summed E-state index contributed by atoms with van der Waals surface area (Å²) in [5, 5.41) is 4.77. The quantitative estimate of drug-likeness (QED) is 0.348. The molecule has 0 aliphatic carbocycles. The SMILES string of the molecule is CCC1(CCOOOCCC2(CC)COC2)COC1. The van der Waals surface area contributed by atoms with Gasteiger partial charge in [-0.15, -0.1) is 0 Å². The van der Waals surface area contributed by atoms with Crippen molar-refractivity contribution in [3.63, 3.8) is 0 Å². The summed E-state index contributed by atoms with van der Waals surface area (Å²) in [6, 6.07) is 0. The summed E-state index contributed by atoms with van der Waals surface area (Å²) in [6.07, 6.45) is 4.16. The summed E-state index contributed by atoms with van der Waals surface area (Å²) in [6.45, 7) is 8.84. The highest BCUT2D eigenvalue weighted by Crippen LogP contribution is 2.35. The zero-order valence-electron chi connectivity index (χ0n) is 12.1. The van der Waals surface area contributed by atoms with Gasteiger partial charge in [0, 0.05) is 10.8 Å². The van der Waals surface area contributed by atoms with Crippen molar-refractivity contribution in [3.8, 4) is 0 Å². The largest absolute Gasteiger partial charge is 0.380 e. The summed E-state index contributed by atoms with van der Waals surface area (Å²) in [7, 11) is 0. The van der Waals surface area contributed by atoms with Gasteiger partial charge in [0.2, 0.25) is 0 Å². The molecule has 0 aromatic rings. The zero-order chi connectivity index (χ0) is 13.6. The van der Waals surface area contributed by atoms with Crippen molar-refractivity contribution < 1.29 is 24.3 Å². The van der Waals surface area contributed by atoms with Crippen molar-refractivity contribution in [3.05, 3.63) is 0 Å². The topological polar surface area (TPSA) is 46.2 Å². The molecule has 0 bridgehead atoms. The Morgan fingerprint density at radius 2 is 1.21 bits per heavy atom. The summed E-state index contributed by atoms with van der Waals surface area (Å²) in [5.41, 5.74) is 0.609. The van der Waals surface area contributed by atoms with Crippen LogP contribution in [0.2, 0.25) is 0 Å². The molecule has 0 N–H and O–H groups in total. The minimum Gasteiger partial charge on any atom is -0.380 e. The van der Waals surface area contributed by atoms with Crippen LogP contribution in [-0.2, 0) is 24.3 Å². The minimum atomic E-state index is 0.304. The summed E-state index contributed by atoms with van der Waals surface area (Å²) < 4.78 is 10.5. The standard InChI is InChI=1S/C14H26O5/c1-3-13(9-15-10-13)5-7-17-19-18-8-6-14(4-2)11-16-12-14/h3-12H2,1-2H3. The Kier molecular flexibility index (Phi) is 5.59. The highest BCUT2D eigenvalue weighted by Gasteiger charge is 2.37. The molecule has 2 heterocycles. The van der Waals surface area contributed by atoms with Gasteiger partial charge in [-0.05, 0) is 25.7 Å². The van der Waals surface area contributed by atoms with Crippen molar-refractivity contribution in [2.24, 2.45) is 10.8 Å². The van der Waals surface area contributed by atoms with Crippen LogP contribution in [0.4, 0.5) is 0 Å². The van der Waals surface area contributed by atoms with Crippen molar-refractivity contribution in [1.29, 1.82) is 0 Å². The Morgan fingerprint density at radius 1 is 0.789 bits per heavy atom. The van der Waals surface area contributed by atoms with Crippen molar-refractivity contribution in [2.75, 3.05) is 39.6 Å². The van der Waals surface area contributed by atoms with Crippen LogP contribution in [0.25, 0.3) is 0 Å². The average molecular weight is 274 g/mol. The lowest BCUT2D eigenvalue weighted by Gasteiger charge is -2.40. The average Bonchev–Trinajstić information content (AvgIpc) is 2.34. The van der Waals surface area contributed by atoms with E-state index >= 15 is 0 Å². The maximum Gasteiger partial charge on any atom is 0.0860 e. The molecular formula is C14H26O5. The van der Waals surface area contributed by atoms with Crippen molar-refractivity contribution in [1.82, 2.24) is 0 Å². The van der Waals surface area contributed by atoms with E-state index in [1.165, 1.54) is 0 Å². The maximum atomic E-state index is 5.25. The Labute approximate surface area is 115 Å². The fourth-order valence-corrected chi connectivity index (χ4v) is 2.45. The molecule has 5 nitrogen and oxygen atoms in total. The van der Waals surface area contributed by atoms with E-state index in [1.54, 1.807) is 0 Å². The lowest BCUT2D eigenvalue weighted by atomic mass is 9.80. The molecule has 0 spiro atoms. The van der Waals surface area contributed by atoms with Crippen LogP contribution in [0.3, 0.4) is 0 Å². The molecule has 0 atom stereocenters. The lowest BCUT2D eigenvalue weighted by molar-refractivity contribution is -0.515. The molecule has 2 fully saturated rings. The lowest BCUT2D eigenvalue weighted by Crippen LogP contribution is -2.43. The first-order valence-electron chi connectivity index (χ1n) is 7.31. The van der Waals surface area contributed by atoms with Crippen molar-refractivity contribution in [2.45, 2.75) is 39.5 Å². The van der Waals surface area contributed by atoms with E-state index in [0.717, 1.165) is 52.1 Å². The normalized spacial score (nSPS) is 23.7. The van der Waals surface area contributed by atoms with Gasteiger partial charge in [0.25, 0.3) is 0 Å². The molecule has 2 rings (SSSR count). The second kappa shape index (κ2) is 6.99. The van der Waals surface area contributed by atoms with Gasteiger partial charge in [0.05, 0.1) is 39.6 Å². The number of hydrogen-bond donors (Lipinski definition) is 0. The molecule has 2 saturated heterocycles. The molecule has 5 heteroatoms. The smallest absolute Gasteiger partial charge is 0.0860 e. The van der Waals surface area contributed by atoms with Gasteiger partial charge in [-0.25, -0.2) is 9.78 Å². The molecule has 0 aromatic carbocycles. The van der Waals surface area contributed by atoms with Gasteiger partial charge in [-0.3, -0.25) is 0 Å². The fraction of sp³-hybridized carbons (Fsp3) is 1.00. The van der Waals surface area contributed by atoms with E-state index in [-0.39, 0.29) is 0 Å². The number of rotatable bonds is 10. The first-order valence-corrected chi connectivity index (χ1v) is 7.31. The Hall–Kier alpha value is -0.200. The van der Waals surface area contributed by atoms with Crippen LogP contribution in [-0.4, -0.2) is 39.6 Å². The molecular weight excluding hydrogens is 248 g/mol. The molecule has 112 valence electrons. The number of hydrogen-bond acceptors (Lipinski definition) is 5. The van der Waals surface area contributed by atoms with E-state index in [2.05, 4.69) is 13.8 Å². The van der Waals surface area contributed by atoms with E-state index in [9.17, 15) is 0 Å². The molecule has 0 radical (unpaired) electrons. The van der Waals surface area contributed by atoms with Crippen LogP contribution in [0.5, 0.6) is 0 Å². The molecule has 0 aromatic heterocycles. The third kappa shape index (κ3) is 3.89. The third-order valence-electron chi connectivity index (χ3n) is 4.66. The van der Waals surface area contributed by atoms with Crippen molar-refractivity contribution >= 4 is 0 Å². The highest BCUT2D eigenvalue weighted by molar-refractivity contribution is 4.84. The Morgan fingerprint density at radius 3 is 1.47 bits per heavy atom. The second-order valence-corrected chi connectivity index (χ2v) is 5.90. The van der Waals surface area contributed by atoms with E-state index in [4.69, 9.17) is 24.3 Å². The summed E-state index contributed by atoms with van der Waals surface area (Å²) in [4.78, 5) is 10.1. The summed E-state index contributed by atoms with van der Waals surface area (Å²) in [5.74, 6) is 0. The van der Waals surface area contributed by atoms with Crippen LogP contribution >= 0.6 is 0 Å². The van der Waals surface area contributed by atoms with Crippen LogP contribution in [0, 0.1) is 10.8 Å².